The SMILES string of the molecule is CC.CC1CN(c2cc(N=C(c3ccccc3)c3ccccc3)cc(C(F)(F)F)c2)C(=O)O1. The van der Waals surface area contributed by atoms with Crippen LogP contribution in [0.4, 0.5) is 29.3 Å². The Morgan fingerprint density at radius 1 is 0.939 bits per heavy atom. The maximum absolute atomic E-state index is 13.6. The third-order valence-corrected chi connectivity index (χ3v) is 4.84. The zero-order chi connectivity index (χ0) is 24.0. The number of anilines is 1. The topological polar surface area (TPSA) is 41.9 Å². The molecule has 1 heterocycles. The molecule has 0 aromatic heterocycles. The molecule has 33 heavy (non-hydrogen) atoms. The molecule has 4 rings (SSSR count). The summed E-state index contributed by atoms with van der Waals surface area (Å²) in [6, 6.07) is 21.9. The van der Waals surface area contributed by atoms with E-state index in [0.29, 0.717) is 5.71 Å². The Balaban J connectivity index is 0.00000149. The van der Waals surface area contributed by atoms with Crippen LogP contribution >= 0.6 is 0 Å². The Kier molecular flexibility index (Phi) is 7.53. The molecular formula is C26H25F3N2O2. The third-order valence-electron chi connectivity index (χ3n) is 4.84. The minimum absolute atomic E-state index is 0.0971. The summed E-state index contributed by atoms with van der Waals surface area (Å²) >= 11 is 0. The van der Waals surface area contributed by atoms with Gasteiger partial charge in [-0.3, -0.25) is 4.90 Å². The molecule has 0 spiro atoms. The van der Waals surface area contributed by atoms with Crippen LogP contribution in [0, 0.1) is 0 Å². The molecule has 0 bridgehead atoms. The summed E-state index contributed by atoms with van der Waals surface area (Å²) in [4.78, 5) is 17.9. The number of rotatable bonds is 4. The van der Waals surface area contributed by atoms with Gasteiger partial charge >= 0.3 is 12.3 Å². The van der Waals surface area contributed by atoms with Crippen LogP contribution in [0.2, 0.25) is 0 Å². The molecule has 4 nitrogen and oxygen atoms in total. The number of alkyl halides is 3. The van der Waals surface area contributed by atoms with Crippen LogP contribution in [0.25, 0.3) is 0 Å². The number of aliphatic imine (C=N–C) groups is 1. The van der Waals surface area contributed by atoms with Gasteiger partial charge in [-0.1, -0.05) is 74.5 Å². The van der Waals surface area contributed by atoms with Crippen molar-refractivity contribution in [3.8, 4) is 0 Å². The molecule has 1 amide bonds. The molecule has 3 aromatic carbocycles. The van der Waals surface area contributed by atoms with Crippen molar-refractivity contribution in [2.45, 2.75) is 33.1 Å². The molecule has 7 heteroatoms. The van der Waals surface area contributed by atoms with Crippen LogP contribution in [-0.4, -0.2) is 24.5 Å². The number of nitrogens with zero attached hydrogens (tertiary/aromatic N) is 2. The molecule has 172 valence electrons. The van der Waals surface area contributed by atoms with Crippen molar-refractivity contribution in [1.29, 1.82) is 0 Å². The van der Waals surface area contributed by atoms with Crippen molar-refractivity contribution in [3.05, 3.63) is 95.6 Å². The van der Waals surface area contributed by atoms with Gasteiger partial charge in [0.2, 0.25) is 0 Å². The van der Waals surface area contributed by atoms with Crippen LogP contribution in [0.3, 0.4) is 0 Å². The first-order valence-corrected chi connectivity index (χ1v) is 10.7. The lowest BCUT2D eigenvalue weighted by atomic mass is 10.0. The molecule has 1 aliphatic rings. The first-order chi connectivity index (χ1) is 15.8. The number of amides is 1. The smallest absolute Gasteiger partial charge is 0.416 e. The predicted molar refractivity (Wildman–Crippen MR) is 124 cm³/mol. The van der Waals surface area contributed by atoms with Crippen LogP contribution in [0.15, 0.2) is 83.9 Å². The molecule has 1 atom stereocenters. The number of benzene rings is 3. The standard InChI is InChI=1S/C24H19F3N2O2.C2H6/c1-16-15-29(23(30)31-16)21-13-19(24(25,26)27)12-20(14-21)28-22(17-8-4-2-5-9-17)18-10-6-3-7-11-18;1-2/h2-14,16H,15H2,1H3;1-2H3. The van der Waals surface area contributed by atoms with E-state index in [4.69, 9.17) is 4.74 Å². The molecule has 0 radical (unpaired) electrons. The van der Waals surface area contributed by atoms with Crippen molar-refractivity contribution in [1.82, 2.24) is 0 Å². The van der Waals surface area contributed by atoms with Crippen molar-refractivity contribution >= 4 is 23.2 Å². The Hall–Kier alpha value is -3.61. The minimum atomic E-state index is -4.59. The van der Waals surface area contributed by atoms with Crippen LogP contribution in [0.5, 0.6) is 0 Å². The fourth-order valence-electron chi connectivity index (χ4n) is 3.41. The third kappa shape index (κ3) is 5.80. The van der Waals surface area contributed by atoms with Gasteiger partial charge in [-0.15, -0.1) is 0 Å². The Morgan fingerprint density at radius 2 is 1.48 bits per heavy atom. The number of hydrogen-bond acceptors (Lipinski definition) is 3. The lowest BCUT2D eigenvalue weighted by molar-refractivity contribution is -0.137. The monoisotopic (exact) mass is 454 g/mol. The van der Waals surface area contributed by atoms with E-state index < -0.39 is 23.9 Å². The normalized spacial score (nSPS) is 15.4. The first-order valence-electron chi connectivity index (χ1n) is 10.7. The summed E-state index contributed by atoms with van der Waals surface area (Å²) in [5.41, 5.74) is 1.38. The van der Waals surface area contributed by atoms with E-state index in [0.717, 1.165) is 23.3 Å². The van der Waals surface area contributed by atoms with E-state index >= 15 is 0 Å². The van der Waals surface area contributed by atoms with Crippen molar-refractivity contribution in [2.24, 2.45) is 4.99 Å². The second-order valence-electron chi connectivity index (χ2n) is 7.23. The highest BCUT2D eigenvalue weighted by Gasteiger charge is 2.35. The number of ether oxygens (including phenoxy) is 1. The Bertz CT molecular complexity index is 1070. The highest BCUT2D eigenvalue weighted by atomic mass is 19.4. The molecule has 0 N–H and O–H groups in total. The molecule has 1 saturated heterocycles. The van der Waals surface area contributed by atoms with E-state index in [1.54, 1.807) is 6.92 Å². The molecule has 1 fully saturated rings. The van der Waals surface area contributed by atoms with Gasteiger partial charge in [-0.25, -0.2) is 9.79 Å². The number of carbonyl (C=O) groups is 1. The number of carbonyl (C=O) groups excluding carboxylic acids is 1. The van der Waals surface area contributed by atoms with Crippen molar-refractivity contribution in [2.75, 3.05) is 11.4 Å². The summed E-state index contributed by atoms with van der Waals surface area (Å²) in [6.07, 6.45) is -5.67. The number of hydrogen-bond donors (Lipinski definition) is 0. The van der Waals surface area contributed by atoms with Gasteiger partial charge in [0.05, 0.1) is 23.5 Å². The van der Waals surface area contributed by atoms with Crippen LogP contribution in [0.1, 0.15) is 37.5 Å². The molecule has 1 unspecified atom stereocenters. The van der Waals surface area contributed by atoms with Gasteiger partial charge in [0.25, 0.3) is 0 Å². The van der Waals surface area contributed by atoms with Gasteiger partial charge < -0.3 is 4.74 Å². The number of halogens is 3. The maximum Gasteiger partial charge on any atom is 0.416 e. The van der Waals surface area contributed by atoms with Crippen molar-refractivity contribution in [3.63, 3.8) is 0 Å². The largest absolute Gasteiger partial charge is 0.444 e. The van der Waals surface area contributed by atoms with Gasteiger partial charge in [0.15, 0.2) is 0 Å². The molecule has 0 aliphatic carbocycles. The Labute approximate surface area is 191 Å². The van der Waals surface area contributed by atoms with Gasteiger partial charge in [-0.05, 0) is 25.1 Å². The van der Waals surface area contributed by atoms with Crippen LogP contribution < -0.4 is 4.90 Å². The lowest BCUT2D eigenvalue weighted by Gasteiger charge is -2.17. The zero-order valence-corrected chi connectivity index (χ0v) is 18.6. The second-order valence-corrected chi connectivity index (χ2v) is 7.23. The summed E-state index contributed by atoms with van der Waals surface area (Å²) in [5.74, 6) is 0. The van der Waals surface area contributed by atoms with Crippen molar-refractivity contribution < 1.29 is 22.7 Å². The second kappa shape index (κ2) is 10.3. The lowest BCUT2D eigenvalue weighted by Crippen LogP contribution is -2.24. The van der Waals surface area contributed by atoms with E-state index in [-0.39, 0.29) is 17.9 Å². The van der Waals surface area contributed by atoms with Crippen LogP contribution in [-0.2, 0) is 10.9 Å². The predicted octanol–water partition coefficient (Wildman–Crippen LogP) is 7.25. The van der Waals surface area contributed by atoms with E-state index in [2.05, 4.69) is 4.99 Å². The molecular weight excluding hydrogens is 429 g/mol. The summed E-state index contributed by atoms with van der Waals surface area (Å²) in [6.45, 7) is 5.86. The maximum atomic E-state index is 13.6. The summed E-state index contributed by atoms with van der Waals surface area (Å²) < 4.78 is 45.9. The summed E-state index contributed by atoms with van der Waals surface area (Å²) in [5, 5.41) is 0. The van der Waals surface area contributed by atoms with Gasteiger partial charge in [0, 0.05) is 16.8 Å². The molecule has 0 saturated carbocycles. The van der Waals surface area contributed by atoms with E-state index in [1.165, 1.54) is 11.0 Å². The molecule has 3 aromatic rings. The average molecular weight is 454 g/mol. The zero-order valence-electron chi connectivity index (χ0n) is 18.6. The first kappa shape index (κ1) is 24.0. The highest BCUT2D eigenvalue weighted by Crippen LogP contribution is 2.37. The highest BCUT2D eigenvalue weighted by molar-refractivity contribution is 6.14. The summed E-state index contributed by atoms with van der Waals surface area (Å²) in [7, 11) is 0. The van der Waals surface area contributed by atoms with Gasteiger partial charge in [-0.2, -0.15) is 13.2 Å². The quantitative estimate of drug-likeness (QED) is 0.390. The average Bonchev–Trinajstić information content (AvgIpc) is 3.17. The number of cyclic esters (lactones) is 1. The minimum Gasteiger partial charge on any atom is -0.444 e. The van der Waals surface area contributed by atoms with E-state index in [9.17, 15) is 18.0 Å². The fourth-order valence-corrected chi connectivity index (χ4v) is 3.41. The fraction of sp³-hybridized carbons (Fsp3) is 0.231. The molecule has 1 aliphatic heterocycles. The van der Waals surface area contributed by atoms with E-state index in [1.807, 2.05) is 74.5 Å². The Morgan fingerprint density at radius 3 is 1.94 bits per heavy atom. The van der Waals surface area contributed by atoms with Gasteiger partial charge in [0.1, 0.15) is 6.10 Å².